The fraction of sp³-hybridized carbons (Fsp3) is 0.812. The lowest BCUT2D eigenvalue weighted by molar-refractivity contribution is 0.225. The molecule has 1 aliphatic carbocycles. The Hall–Kier alpha value is -0.830. The molecule has 0 radical (unpaired) electrons. The third kappa shape index (κ3) is 3.19. The Bertz CT molecular complexity index is 397. The Labute approximate surface area is 117 Å². The van der Waals surface area contributed by atoms with Crippen LogP contribution in [0.3, 0.4) is 0 Å². The van der Waals surface area contributed by atoms with Gasteiger partial charge in [-0.2, -0.15) is 5.10 Å². The van der Waals surface area contributed by atoms with Gasteiger partial charge in [-0.15, -0.1) is 0 Å². The lowest BCUT2D eigenvalue weighted by Gasteiger charge is -2.32. The van der Waals surface area contributed by atoms with E-state index in [1.165, 1.54) is 43.5 Å². The Morgan fingerprint density at radius 1 is 1.37 bits per heavy atom. The van der Waals surface area contributed by atoms with Gasteiger partial charge in [0.2, 0.25) is 0 Å². The molecule has 3 heteroatoms. The van der Waals surface area contributed by atoms with E-state index < -0.39 is 0 Å². The molecule has 1 aromatic rings. The fourth-order valence-corrected chi connectivity index (χ4v) is 3.45. The van der Waals surface area contributed by atoms with Gasteiger partial charge in [0.1, 0.15) is 0 Å². The van der Waals surface area contributed by atoms with Gasteiger partial charge < -0.3 is 5.73 Å². The number of aryl methyl sites for hydroxylation is 2. The molecule has 0 bridgehead atoms. The van der Waals surface area contributed by atoms with Crippen LogP contribution in [-0.2, 0) is 13.0 Å². The minimum Gasteiger partial charge on any atom is -0.322 e. The van der Waals surface area contributed by atoms with Crippen LogP contribution in [0, 0.1) is 11.8 Å². The molecule has 1 aromatic heterocycles. The molecule has 19 heavy (non-hydrogen) atoms. The van der Waals surface area contributed by atoms with Gasteiger partial charge in [-0.25, -0.2) is 0 Å². The molecule has 1 aliphatic rings. The third-order valence-corrected chi connectivity index (χ3v) is 4.77. The molecule has 0 aliphatic heterocycles. The monoisotopic (exact) mass is 263 g/mol. The summed E-state index contributed by atoms with van der Waals surface area (Å²) in [5.41, 5.74) is 9.00. The zero-order chi connectivity index (χ0) is 13.8. The van der Waals surface area contributed by atoms with Gasteiger partial charge in [-0.3, -0.25) is 4.68 Å². The molecule has 1 fully saturated rings. The Morgan fingerprint density at radius 3 is 2.79 bits per heavy atom. The van der Waals surface area contributed by atoms with Crippen molar-refractivity contribution >= 4 is 0 Å². The second-order valence-corrected chi connectivity index (χ2v) is 5.96. The summed E-state index contributed by atoms with van der Waals surface area (Å²) in [4.78, 5) is 0. The van der Waals surface area contributed by atoms with Crippen molar-refractivity contribution in [3.05, 3.63) is 17.5 Å². The summed E-state index contributed by atoms with van der Waals surface area (Å²) in [7, 11) is 0. The molecule has 1 heterocycles. The molecule has 1 saturated carbocycles. The smallest absolute Gasteiger partial charge is 0.0625 e. The zero-order valence-electron chi connectivity index (χ0n) is 12.7. The maximum atomic E-state index is 6.57. The molecule has 0 saturated heterocycles. The van der Waals surface area contributed by atoms with Crippen molar-refractivity contribution in [3.63, 3.8) is 0 Å². The number of nitrogens with zero attached hydrogens (tertiary/aromatic N) is 2. The molecular weight excluding hydrogens is 234 g/mol. The molecule has 3 unspecified atom stereocenters. The standard InChI is InChI=1S/C16H29N3/c1-4-12-8-7-9-13(10-12)16(17)15-11-14(5-2)18-19(15)6-3/h11-13,16H,4-10,17H2,1-3H3. The fourth-order valence-electron chi connectivity index (χ4n) is 3.45. The van der Waals surface area contributed by atoms with Gasteiger partial charge in [0.25, 0.3) is 0 Å². The zero-order valence-corrected chi connectivity index (χ0v) is 12.7. The molecule has 2 N–H and O–H groups in total. The first-order valence-corrected chi connectivity index (χ1v) is 8.01. The minimum atomic E-state index is 0.169. The number of hydrogen-bond donors (Lipinski definition) is 1. The normalized spacial score (nSPS) is 25.5. The highest BCUT2D eigenvalue weighted by Crippen LogP contribution is 2.37. The van der Waals surface area contributed by atoms with E-state index in [0.29, 0.717) is 5.92 Å². The van der Waals surface area contributed by atoms with Gasteiger partial charge in [0, 0.05) is 12.6 Å². The summed E-state index contributed by atoms with van der Waals surface area (Å²) >= 11 is 0. The topological polar surface area (TPSA) is 43.8 Å². The molecular formula is C16H29N3. The van der Waals surface area contributed by atoms with Crippen molar-refractivity contribution in [3.8, 4) is 0 Å². The predicted molar refractivity (Wildman–Crippen MR) is 79.9 cm³/mol. The van der Waals surface area contributed by atoms with Crippen molar-refractivity contribution in [1.29, 1.82) is 0 Å². The Morgan fingerprint density at radius 2 is 2.16 bits per heavy atom. The van der Waals surface area contributed by atoms with E-state index in [9.17, 15) is 0 Å². The van der Waals surface area contributed by atoms with Crippen molar-refractivity contribution in [2.75, 3.05) is 0 Å². The first kappa shape index (κ1) is 14.6. The van der Waals surface area contributed by atoms with Gasteiger partial charge in [-0.05, 0) is 44.1 Å². The quantitative estimate of drug-likeness (QED) is 0.880. The Balaban J connectivity index is 2.13. The average Bonchev–Trinajstić information content (AvgIpc) is 2.89. The highest BCUT2D eigenvalue weighted by molar-refractivity contribution is 5.15. The summed E-state index contributed by atoms with van der Waals surface area (Å²) in [6.45, 7) is 7.54. The summed E-state index contributed by atoms with van der Waals surface area (Å²) < 4.78 is 2.11. The van der Waals surface area contributed by atoms with Gasteiger partial charge in [-0.1, -0.05) is 33.1 Å². The van der Waals surface area contributed by atoms with E-state index >= 15 is 0 Å². The van der Waals surface area contributed by atoms with Crippen LogP contribution in [-0.4, -0.2) is 9.78 Å². The number of aromatic nitrogens is 2. The number of rotatable bonds is 5. The molecule has 2 rings (SSSR count). The summed E-state index contributed by atoms with van der Waals surface area (Å²) in [6, 6.07) is 2.39. The van der Waals surface area contributed by atoms with Crippen LogP contribution in [0.4, 0.5) is 0 Å². The average molecular weight is 263 g/mol. The van der Waals surface area contributed by atoms with Crippen LogP contribution in [0.1, 0.15) is 70.3 Å². The molecule has 0 amide bonds. The molecule has 0 spiro atoms. The summed E-state index contributed by atoms with van der Waals surface area (Å²) in [6.07, 6.45) is 7.62. The van der Waals surface area contributed by atoms with E-state index in [1.807, 2.05) is 0 Å². The van der Waals surface area contributed by atoms with Crippen molar-refractivity contribution in [2.45, 2.75) is 71.9 Å². The first-order valence-electron chi connectivity index (χ1n) is 8.01. The highest BCUT2D eigenvalue weighted by Gasteiger charge is 2.28. The second kappa shape index (κ2) is 6.56. The molecule has 3 atom stereocenters. The summed E-state index contributed by atoms with van der Waals surface area (Å²) in [5.74, 6) is 1.53. The van der Waals surface area contributed by atoms with Gasteiger partial charge in [0.05, 0.1) is 11.4 Å². The van der Waals surface area contributed by atoms with Crippen LogP contribution in [0.15, 0.2) is 6.07 Å². The predicted octanol–water partition coefficient (Wildman–Crippen LogP) is 3.68. The number of nitrogens with two attached hydrogens (primary N) is 1. The molecule has 3 nitrogen and oxygen atoms in total. The van der Waals surface area contributed by atoms with Crippen molar-refractivity contribution in [1.82, 2.24) is 9.78 Å². The van der Waals surface area contributed by atoms with E-state index in [1.54, 1.807) is 0 Å². The van der Waals surface area contributed by atoms with Crippen LogP contribution >= 0.6 is 0 Å². The van der Waals surface area contributed by atoms with Gasteiger partial charge in [0.15, 0.2) is 0 Å². The van der Waals surface area contributed by atoms with Crippen LogP contribution in [0.25, 0.3) is 0 Å². The first-order chi connectivity index (χ1) is 9.19. The van der Waals surface area contributed by atoms with Crippen LogP contribution in [0.2, 0.25) is 0 Å². The maximum Gasteiger partial charge on any atom is 0.0625 e. The highest BCUT2D eigenvalue weighted by atomic mass is 15.3. The summed E-state index contributed by atoms with van der Waals surface area (Å²) in [5, 5.41) is 4.64. The SMILES string of the molecule is CCc1cc(C(N)C2CCCC(CC)C2)n(CC)n1. The van der Waals surface area contributed by atoms with E-state index in [4.69, 9.17) is 5.73 Å². The van der Waals surface area contributed by atoms with Crippen molar-refractivity contribution < 1.29 is 0 Å². The maximum absolute atomic E-state index is 6.57. The minimum absolute atomic E-state index is 0.169. The molecule has 108 valence electrons. The second-order valence-electron chi connectivity index (χ2n) is 5.96. The third-order valence-electron chi connectivity index (χ3n) is 4.77. The van der Waals surface area contributed by atoms with Crippen molar-refractivity contribution in [2.24, 2.45) is 17.6 Å². The lowest BCUT2D eigenvalue weighted by Crippen LogP contribution is -2.28. The van der Waals surface area contributed by atoms with E-state index in [-0.39, 0.29) is 6.04 Å². The van der Waals surface area contributed by atoms with Crippen LogP contribution < -0.4 is 5.73 Å². The van der Waals surface area contributed by atoms with E-state index in [2.05, 4.69) is 36.6 Å². The molecule has 0 aromatic carbocycles. The lowest BCUT2D eigenvalue weighted by atomic mass is 9.76. The Kier molecular flexibility index (Phi) is 5.03. The largest absolute Gasteiger partial charge is 0.322 e. The van der Waals surface area contributed by atoms with Crippen LogP contribution in [0.5, 0.6) is 0 Å². The van der Waals surface area contributed by atoms with Gasteiger partial charge >= 0.3 is 0 Å². The number of hydrogen-bond acceptors (Lipinski definition) is 2. The van der Waals surface area contributed by atoms with E-state index in [0.717, 1.165) is 18.9 Å².